The topological polar surface area (TPSA) is 47.1 Å². The van der Waals surface area contributed by atoms with Gasteiger partial charge in [0.05, 0.1) is 11.7 Å². The third-order valence-corrected chi connectivity index (χ3v) is 4.52. The highest BCUT2D eigenvalue weighted by atomic mass is 15.3. The van der Waals surface area contributed by atoms with E-state index in [1.165, 1.54) is 24.1 Å². The summed E-state index contributed by atoms with van der Waals surface area (Å²) in [4.78, 5) is 2.57. The largest absolute Gasteiger partial charge is 0.326 e. The van der Waals surface area contributed by atoms with Gasteiger partial charge in [-0.25, -0.2) is 0 Å². The number of likely N-dealkylation sites (tertiary alicyclic amines) is 1. The summed E-state index contributed by atoms with van der Waals surface area (Å²) in [6.45, 7) is 12.4. The van der Waals surface area contributed by atoms with Gasteiger partial charge in [0.1, 0.15) is 0 Å². The van der Waals surface area contributed by atoms with E-state index in [4.69, 9.17) is 10.8 Å². The summed E-state index contributed by atoms with van der Waals surface area (Å²) < 4.78 is 1.95. The molecule has 0 saturated carbocycles. The van der Waals surface area contributed by atoms with Gasteiger partial charge in [0, 0.05) is 36.3 Å². The van der Waals surface area contributed by atoms with Crippen LogP contribution in [0.4, 0.5) is 0 Å². The van der Waals surface area contributed by atoms with Gasteiger partial charge < -0.3 is 5.73 Å². The Morgan fingerprint density at radius 2 is 1.95 bits per heavy atom. The van der Waals surface area contributed by atoms with Crippen LogP contribution in [0, 0.1) is 0 Å². The molecule has 1 aliphatic rings. The maximum absolute atomic E-state index is 6.58. The third kappa shape index (κ3) is 3.49. The first-order valence-corrected chi connectivity index (χ1v) is 8.27. The zero-order valence-electron chi connectivity index (χ0n) is 14.6. The molecule has 2 rings (SSSR count). The zero-order valence-corrected chi connectivity index (χ0v) is 14.6. The molecule has 1 aromatic heterocycles. The number of aryl methyl sites for hydroxylation is 1. The van der Waals surface area contributed by atoms with Crippen molar-refractivity contribution in [3.05, 3.63) is 17.5 Å². The van der Waals surface area contributed by atoms with Crippen LogP contribution in [0.1, 0.15) is 71.2 Å². The van der Waals surface area contributed by atoms with Crippen molar-refractivity contribution in [1.29, 1.82) is 0 Å². The van der Waals surface area contributed by atoms with Gasteiger partial charge in [0.15, 0.2) is 0 Å². The molecule has 1 aliphatic heterocycles. The van der Waals surface area contributed by atoms with Crippen LogP contribution >= 0.6 is 0 Å². The molecule has 0 bridgehead atoms. The van der Waals surface area contributed by atoms with Gasteiger partial charge in [-0.3, -0.25) is 9.58 Å². The average Bonchev–Trinajstić information content (AvgIpc) is 2.63. The lowest BCUT2D eigenvalue weighted by Crippen LogP contribution is -2.43. The number of hydrogen-bond donors (Lipinski definition) is 1. The van der Waals surface area contributed by atoms with Crippen molar-refractivity contribution < 1.29 is 0 Å². The molecule has 1 fully saturated rings. The van der Waals surface area contributed by atoms with Crippen LogP contribution in [0.3, 0.4) is 0 Å². The predicted molar refractivity (Wildman–Crippen MR) is 88.3 cm³/mol. The highest BCUT2D eigenvalue weighted by Gasteiger charge is 2.35. The minimum Gasteiger partial charge on any atom is -0.326 e. The van der Waals surface area contributed by atoms with Crippen LogP contribution in [0.15, 0.2) is 6.20 Å². The standard InChI is InChI=1S/C17H32N4/c1-12(2)21-10-8-7-9-14(18)15(21)13-11-20(6)19-16(13)17(3,4)5/h11-12,14-15H,7-10,18H2,1-6H3. The molecule has 21 heavy (non-hydrogen) atoms. The molecule has 0 radical (unpaired) electrons. The summed E-state index contributed by atoms with van der Waals surface area (Å²) >= 11 is 0. The van der Waals surface area contributed by atoms with Crippen molar-refractivity contribution >= 4 is 0 Å². The molecule has 2 unspecified atom stereocenters. The third-order valence-electron chi connectivity index (χ3n) is 4.52. The number of hydrogen-bond acceptors (Lipinski definition) is 3. The number of rotatable bonds is 2. The smallest absolute Gasteiger partial charge is 0.0726 e. The van der Waals surface area contributed by atoms with E-state index in [0.717, 1.165) is 13.0 Å². The first-order chi connectivity index (χ1) is 9.71. The van der Waals surface area contributed by atoms with Crippen molar-refractivity contribution in [3.63, 3.8) is 0 Å². The van der Waals surface area contributed by atoms with Gasteiger partial charge in [-0.1, -0.05) is 27.2 Å². The van der Waals surface area contributed by atoms with Crippen LogP contribution in [-0.2, 0) is 12.5 Å². The monoisotopic (exact) mass is 292 g/mol. The molecule has 1 aromatic rings. The second-order valence-corrected chi connectivity index (χ2v) is 7.79. The molecule has 4 nitrogen and oxygen atoms in total. The zero-order chi connectivity index (χ0) is 15.8. The average molecular weight is 292 g/mol. The highest BCUT2D eigenvalue weighted by Crippen LogP contribution is 2.36. The Hall–Kier alpha value is -0.870. The van der Waals surface area contributed by atoms with E-state index in [-0.39, 0.29) is 17.5 Å². The van der Waals surface area contributed by atoms with E-state index < -0.39 is 0 Å². The van der Waals surface area contributed by atoms with Crippen LogP contribution in [-0.4, -0.2) is 33.3 Å². The lowest BCUT2D eigenvalue weighted by molar-refractivity contribution is 0.142. The van der Waals surface area contributed by atoms with E-state index in [2.05, 4.69) is 45.7 Å². The van der Waals surface area contributed by atoms with Crippen LogP contribution in [0.5, 0.6) is 0 Å². The predicted octanol–water partition coefficient (Wildman–Crippen LogP) is 2.98. The summed E-state index contributed by atoms with van der Waals surface area (Å²) in [5, 5.41) is 4.75. The van der Waals surface area contributed by atoms with Crippen LogP contribution < -0.4 is 5.73 Å². The van der Waals surface area contributed by atoms with Crippen molar-refractivity contribution in [2.45, 2.75) is 77.4 Å². The molecule has 0 aliphatic carbocycles. The van der Waals surface area contributed by atoms with Gasteiger partial charge in [-0.2, -0.15) is 5.10 Å². The van der Waals surface area contributed by atoms with E-state index in [0.29, 0.717) is 6.04 Å². The molecular formula is C17H32N4. The summed E-state index contributed by atoms with van der Waals surface area (Å²) in [6.07, 6.45) is 5.76. The van der Waals surface area contributed by atoms with Gasteiger partial charge >= 0.3 is 0 Å². The second kappa shape index (κ2) is 6.09. The molecule has 2 atom stereocenters. The summed E-state index contributed by atoms with van der Waals surface area (Å²) in [5.41, 5.74) is 9.15. The van der Waals surface area contributed by atoms with Crippen molar-refractivity contribution in [3.8, 4) is 0 Å². The van der Waals surface area contributed by atoms with Crippen molar-refractivity contribution in [2.75, 3.05) is 6.54 Å². The van der Waals surface area contributed by atoms with Gasteiger partial charge in [0.25, 0.3) is 0 Å². The molecule has 2 N–H and O–H groups in total. The second-order valence-electron chi connectivity index (χ2n) is 7.79. The minimum atomic E-state index is 0.0469. The summed E-state index contributed by atoms with van der Waals surface area (Å²) in [5.74, 6) is 0. The normalized spacial score (nSPS) is 25.3. The molecule has 0 aromatic carbocycles. The maximum Gasteiger partial charge on any atom is 0.0726 e. The fourth-order valence-corrected chi connectivity index (χ4v) is 3.51. The Bertz CT molecular complexity index is 470. The SMILES string of the molecule is CC(C)N1CCCCC(N)C1c1cn(C)nc1C(C)(C)C. The first-order valence-electron chi connectivity index (χ1n) is 8.27. The minimum absolute atomic E-state index is 0.0469. The Morgan fingerprint density at radius 1 is 1.29 bits per heavy atom. The molecule has 0 amide bonds. The van der Waals surface area contributed by atoms with E-state index >= 15 is 0 Å². The molecule has 4 heteroatoms. The summed E-state index contributed by atoms with van der Waals surface area (Å²) in [7, 11) is 2.01. The Labute approximate surface area is 129 Å². The highest BCUT2D eigenvalue weighted by molar-refractivity contribution is 5.29. The van der Waals surface area contributed by atoms with Gasteiger partial charge in [-0.15, -0.1) is 0 Å². The molecule has 120 valence electrons. The molecule has 0 spiro atoms. The maximum atomic E-state index is 6.58. The Kier molecular flexibility index (Phi) is 4.79. The Morgan fingerprint density at radius 3 is 2.52 bits per heavy atom. The van der Waals surface area contributed by atoms with Crippen molar-refractivity contribution in [2.24, 2.45) is 12.8 Å². The lowest BCUT2D eigenvalue weighted by Gasteiger charge is -2.37. The molecular weight excluding hydrogens is 260 g/mol. The van der Waals surface area contributed by atoms with E-state index in [9.17, 15) is 0 Å². The number of nitrogens with two attached hydrogens (primary N) is 1. The fourth-order valence-electron chi connectivity index (χ4n) is 3.51. The van der Waals surface area contributed by atoms with Gasteiger partial charge in [-0.05, 0) is 33.2 Å². The first kappa shape index (κ1) is 16.5. The number of aromatic nitrogens is 2. The molecule has 2 heterocycles. The van der Waals surface area contributed by atoms with Crippen LogP contribution in [0.25, 0.3) is 0 Å². The van der Waals surface area contributed by atoms with Crippen LogP contribution in [0.2, 0.25) is 0 Å². The lowest BCUT2D eigenvalue weighted by atomic mass is 9.85. The van der Waals surface area contributed by atoms with Gasteiger partial charge in [0.2, 0.25) is 0 Å². The van der Waals surface area contributed by atoms with E-state index in [1.54, 1.807) is 0 Å². The Balaban J connectivity index is 2.49. The van der Waals surface area contributed by atoms with Crippen molar-refractivity contribution in [1.82, 2.24) is 14.7 Å². The fraction of sp³-hybridized carbons (Fsp3) is 0.824. The molecule has 1 saturated heterocycles. The quantitative estimate of drug-likeness (QED) is 0.911. The number of nitrogens with zero attached hydrogens (tertiary/aromatic N) is 3. The van der Waals surface area contributed by atoms with E-state index in [1.807, 2.05) is 11.7 Å². The summed E-state index contributed by atoms with van der Waals surface area (Å²) in [6, 6.07) is 0.989.